The molecule has 5 rings (SSSR count). The summed E-state index contributed by atoms with van der Waals surface area (Å²) in [6, 6.07) is 4.11. The molecular formula is C30H38N6O5. The highest BCUT2D eigenvalue weighted by Crippen LogP contribution is 2.40. The summed E-state index contributed by atoms with van der Waals surface area (Å²) in [6.07, 6.45) is 12.4. The summed E-state index contributed by atoms with van der Waals surface area (Å²) in [5.74, 6) is -1.07. The number of aldehydes is 1. The zero-order valence-electron chi connectivity index (χ0n) is 23.3. The third-order valence-electron chi connectivity index (χ3n) is 8.37. The number of rotatable bonds is 14. The third-order valence-corrected chi connectivity index (χ3v) is 8.37. The average molecular weight is 563 g/mol. The summed E-state index contributed by atoms with van der Waals surface area (Å²) in [5, 5.41) is 7.84. The Labute approximate surface area is 239 Å². The van der Waals surface area contributed by atoms with Crippen molar-refractivity contribution in [3.05, 3.63) is 47.3 Å². The Balaban J connectivity index is 1.01. The number of nitrogens with zero attached hydrogens (tertiary/aromatic N) is 4. The van der Waals surface area contributed by atoms with Gasteiger partial charge in [-0.15, -0.1) is 0 Å². The van der Waals surface area contributed by atoms with Crippen molar-refractivity contribution >= 4 is 35.6 Å². The van der Waals surface area contributed by atoms with Crippen molar-refractivity contribution in [1.82, 2.24) is 19.6 Å². The Morgan fingerprint density at radius 3 is 2.51 bits per heavy atom. The summed E-state index contributed by atoms with van der Waals surface area (Å²) in [7, 11) is 0. The van der Waals surface area contributed by atoms with Crippen LogP contribution in [-0.2, 0) is 14.4 Å². The quantitative estimate of drug-likeness (QED) is 0.204. The van der Waals surface area contributed by atoms with Gasteiger partial charge in [-0.2, -0.15) is 5.10 Å². The first-order chi connectivity index (χ1) is 19.9. The summed E-state index contributed by atoms with van der Waals surface area (Å²) in [4.78, 5) is 63.9. The maximum Gasteiger partial charge on any atom is 0.262 e. The van der Waals surface area contributed by atoms with Gasteiger partial charge in [-0.25, -0.2) is 0 Å². The molecule has 1 atom stereocenters. The first-order valence-corrected chi connectivity index (χ1v) is 14.7. The van der Waals surface area contributed by atoms with E-state index in [1.807, 2.05) is 11.1 Å². The van der Waals surface area contributed by atoms with Crippen LogP contribution in [0.15, 0.2) is 30.6 Å². The highest BCUT2D eigenvalue weighted by Gasteiger charge is 2.42. The van der Waals surface area contributed by atoms with Gasteiger partial charge < -0.3 is 20.7 Å². The van der Waals surface area contributed by atoms with E-state index in [0.717, 1.165) is 50.1 Å². The van der Waals surface area contributed by atoms with E-state index >= 15 is 0 Å². The SMILES string of the molecule is NC(=O)C(CCC=O)N1C(=O)c2ccc(NCCCCCC(=O)N3CCC(n4cc(C5CC5)cn4)CC3)cc2C1=O. The third kappa shape index (κ3) is 6.49. The molecule has 2 aliphatic heterocycles. The van der Waals surface area contributed by atoms with E-state index in [4.69, 9.17) is 5.73 Å². The molecule has 0 spiro atoms. The fourth-order valence-electron chi connectivity index (χ4n) is 5.81. The summed E-state index contributed by atoms with van der Waals surface area (Å²) in [6.45, 7) is 2.20. The number of benzene rings is 1. The number of anilines is 1. The van der Waals surface area contributed by atoms with E-state index < -0.39 is 23.8 Å². The minimum absolute atomic E-state index is 0.00256. The molecule has 2 fully saturated rings. The number of fused-ring (bicyclic) bond motifs is 1. The molecule has 1 aliphatic carbocycles. The second-order valence-electron chi connectivity index (χ2n) is 11.3. The molecule has 1 saturated heterocycles. The minimum atomic E-state index is -1.16. The number of primary amides is 1. The molecule has 218 valence electrons. The lowest BCUT2D eigenvalue weighted by Gasteiger charge is -2.32. The number of hydrogen-bond donors (Lipinski definition) is 2. The number of carbonyl (C=O) groups is 5. The summed E-state index contributed by atoms with van der Waals surface area (Å²) in [5.41, 5.74) is 7.88. The summed E-state index contributed by atoms with van der Waals surface area (Å²) < 4.78 is 2.10. The number of carbonyl (C=O) groups excluding carboxylic acids is 5. The van der Waals surface area contributed by atoms with Crippen LogP contribution < -0.4 is 11.1 Å². The van der Waals surface area contributed by atoms with Gasteiger partial charge in [0.25, 0.3) is 11.8 Å². The number of aromatic nitrogens is 2. The van der Waals surface area contributed by atoms with Crippen LogP contribution in [0.2, 0.25) is 0 Å². The number of nitrogens with two attached hydrogens (primary N) is 1. The highest BCUT2D eigenvalue weighted by atomic mass is 16.2. The van der Waals surface area contributed by atoms with Crippen molar-refractivity contribution in [2.24, 2.45) is 5.73 Å². The van der Waals surface area contributed by atoms with Crippen LogP contribution in [-0.4, -0.2) is 75.2 Å². The van der Waals surface area contributed by atoms with Gasteiger partial charge in [0, 0.05) is 44.4 Å². The molecule has 1 aromatic carbocycles. The van der Waals surface area contributed by atoms with Gasteiger partial charge >= 0.3 is 0 Å². The monoisotopic (exact) mass is 562 g/mol. The number of hydrogen-bond acceptors (Lipinski definition) is 7. The Morgan fingerprint density at radius 1 is 1.05 bits per heavy atom. The number of amides is 4. The second kappa shape index (κ2) is 12.7. The van der Waals surface area contributed by atoms with Gasteiger partial charge in [-0.05, 0) is 74.6 Å². The van der Waals surface area contributed by atoms with Gasteiger partial charge in [-0.3, -0.25) is 28.8 Å². The Kier molecular flexibility index (Phi) is 8.80. The van der Waals surface area contributed by atoms with Crippen LogP contribution in [0, 0.1) is 0 Å². The van der Waals surface area contributed by atoms with Gasteiger partial charge in [0.2, 0.25) is 11.8 Å². The molecule has 3 aliphatic rings. The molecule has 1 saturated carbocycles. The number of unbranched alkanes of at least 4 members (excludes halogenated alkanes) is 2. The van der Waals surface area contributed by atoms with Crippen molar-refractivity contribution in [1.29, 1.82) is 0 Å². The topological polar surface area (TPSA) is 148 Å². The van der Waals surface area contributed by atoms with Crippen molar-refractivity contribution in [3.63, 3.8) is 0 Å². The maximum atomic E-state index is 12.9. The smallest absolute Gasteiger partial charge is 0.262 e. The number of likely N-dealkylation sites (tertiary alicyclic amines) is 1. The standard InChI is InChI=1S/C30H38N6O5/c31-28(39)26(5-4-16-37)36-29(40)24-10-9-22(17-25(24)30(36)41)32-13-3-1-2-6-27(38)34-14-11-23(12-15-34)35-19-21(18-33-35)20-7-8-20/h9-10,16-20,23,26,32H,1-8,11-15H2,(H2,31,39). The average Bonchev–Trinajstić information content (AvgIpc) is 3.66. The van der Waals surface area contributed by atoms with E-state index in [9.17, 15) is 24.0 Å². The molecule has 2 aromatic rings. The Bertz CT molecular complexity index is 1310. The van der Waals surface area contributed by atoms with Crippen LogP contribution in [0.3, 0.4) is 0 Å². The van der Waals surface area contributed by atoms with Crippen LogP contribution in [0.5, 0.6) is 0 Å². The maximum absolute atomic E-state index is 12.9. The van der Waals surface area contributed by atoms with Crippen molar-refractivity contribution in [3.8, 4) is 0 Å². The van der Waals surface area contributed by atoms with E-state index in [1.54, 1.807) is 18.2 Å². The van der Waals surface area contributed by atoms with Crippen molar-refractivity contribution in [2.75, 3.05) is 25.0 Å². The molecule has 41 heavy (non-hydrogen) atoms. The lowest BCUT2D eigenvalue weighted by molar-refractivity contribution is -0.132. The van der Waals surface area contributed by atoms with E-state index in [-0.39, 0.29) is 29.9 Å². The van der Waals surface area contributed by atoms with Crippen LogP contribution in [0.4, 0.5) is 5.69 Å². The molecule has 0 bridgehead atoms. The summed E-state index contributed by atoms with van der Waals surface area (Å²) >= 11 is 0. The molecule has 3 N–H and O–H groups in total. The predicted octanol–water partition coefficient (Wildman–Crippen LogP) is 3.03. The lowest BCUT2D eigenvalue weighted by Crippen LogP contribution is -2.47. The van der Waals surface area contributed by atoms with Gasteiger partial charge in [0.05, 0.1) is 23.4 Å². The molecule has 4 amide bonds. The van der Waals surface area contributed by atoms with Crippen molar-refractivity contribution < 1.29 is 24.0 Å². The fraction of sp³-hybridized carbons (Fsp3) is 0.533. The number of imide groups is 1. The molecule has 0 radical (unpaired) electrons. The first-order valence-electron chi connectivity index (χ1n) is 14.7. The van der Waals surface area contributed by atoms with Gasteiger partial charge in [0.15, 0.2) is 0 Å². The van der Waals surface area contributed by atoms with Crippen LogP contribution in [0.25, 0.3) is 0 Å². The fourth-order valence-corrected chi connectivity index (χ4v) is 5.81. The minimum Gasteiger partial charge on any atom is -0.385 e. The second-order valence-corrected chi connectivity index (χ2v) is 11.3. The molecule has 1 unspecified atom stereocenters. The van der Waals surface area contributed by atoms with Crippen LogP contribution in [0.1, 0.15) is 102 Å². The zero-order chi connectivity index (χ0) is 28.9. The first kappa shape index (κ1) is 28.5. The Morgan fingerprint density at radius 2 is 1.80 bits per heavy atom. The number of nitrogens with one attached hydrogen (secondary N) is 1. The Hall–Kier alpha value is -4.02. The molecular weight excluding hydrogens is 524 g/mol. The number of piperidine rings is 1. The predicted molar refractivity (Wildman–Crippen MR) is 151 cm³/mol. The normalized spacial score (nSPS) is 18.0. The molecule has 1 aromatic heterocycles. The lowest BCUT2D eigenvalue weighted by atomic mass is 10.0. The van der Waals surface area contributed by atoms with Gasteiger partial charge in [0.1, 0.15) is 12.3 Å². The molecule has 11 nitrogen and oxygen atoms in total. The van der Waals surface area contributed by atoms with Gasteiger partial charge in [-0.1, -0.05) is 6.42 Å². The largest absolute Gasteiger partial charge is 0.385 e. The van der Waals surface area contributed by atoms with E-state index in [2.05, 4.69) is 21.3 Å². The highest BCUT2D eigenvalue weighted by molar-refractivity contribution is 6.23. The van der Waals surface area contributed by atoms with E-state index in [0.29, 0.717) is 36.9 Å². The van der Waals surface area contributed by atoms with Crippen LogP contribution >= 0.6 is 0 Å². The zero-order valence-corrected chi connectivity index (χ0v) is 23.3. The van der Waals surface area contributed by atoms with E-state index in [1.165, 1.54) is 18.4 Å². The van der Waals surface area contributed by atoms with Crippen molar-refractivity contribution in [2.45, 2.75) is 82.2 Å². The molecule has 3 heterocycles. The molecule has 11 heteroatoms.